The van der Waals surface area contributed by atoms with Gasteiger partial charge in [0.05, 0.1) is 0 Å². The first kappa shape index (κ1) is 12.3. The smallest absolute Gasteiger partial charge is 0.0491 e. The summed E-state index contributed by atoms with van der Waals surface area (Å²) in [5.74, 6) is 1.76. The Labute approximate surface area is 99.5 Å². The summed E-state index contributed by atoms with van der Waals surface area (Å²) in [5, 5.41) is 3.44. The molecule has 0 aromatic rings. The van der Waals surface area contributed by atoms with Gasteiger partial charge in [-0.25, -0.2) is 0 Å². The van der Waals surface area contributed by atoms with Gasteiger partial charge in [-0.15, -0.1) is 0 Å². The molecule has 0 unspecified atom stereocenters. The molecule has 2 saturated heterocycles. The van der Waals surface area contributed by atoms with Crippen molar-refractivity contribution < 1.29 is 4.74 Å². The molecule has 3 heteroatoms. The van der Waals surface area contributed by atoms with Gasteiger partial charge in [0.25, 0.3) is 0 Å². The molecule has 0 aromatic heterocycles. The Hall–Kier alpha value is -0.120. The van der Waals surface area contributed by atoms with E-state index in [2.05, 4.69) is 10.2 Å². The van der Waals surface area contributed by atoms with Crippen LogP contribution in [-0.4, -0.2) is 51.3 Å². The summed E-state index contributed by atoms with van der Waals surface area (Å²) < 4.78 is 5.24. The van der Waals surface area contributed by atoms with Crippen molar-refractivity contribution in [1.82, 2.24) is 10.2 Å². The maximum atomic E-state index is 5.24. The minimum absolute atomic E-state index is 0.814. The molecule has 0 aromatic carbocycles. The van der Waals surface area contributed by atoms with Crippen LogP contribution < -0.4 is 5.32 Å². The second-order valence-electron chi connectivity index (χ2n) is 5.39. The lowest BCUT2D eigenvalue weighted by molar-refractivity contribution is 0.0894. The van der Waals surface area contributed by atoms with Crippen LogP contribution in [0.4, 0.5) is 0 Å². The van der Waals surface area contributed by atoms with Gasteiger partial charge in [-0.2, -0.15) is 0 Å². The number of nitrogens with one attached hydrogen (secondary N) is 1. The Bertz CT molecular complexity index is 184. The normalized spacial score (nSPS) is 26.1. The van der Waals surface area contributed by atoms with E-state index in [9.17, 15) is 0 Å². The Morgan fingerprint density at radius 2 is 1.75 bits per heavy atom. The van der Waals surface area contributed by atoms with Gasteiger partial charge in [-0.05, 0) is 63.7 Å². The van der Waals surface area contributed by atoms with E-state index in [1.165, 1.54) is 58.4 Å². The molecule has 3 nitrogen and oxygen atoms in total. The number of hydrogen-bond donors (Lipinski definition) is 1. The Balaban J connectivity index is 1.64. The van der Waals surface area contributed by atoms with Crippen molar-refractivity contribution in [2.24, 2.45) is 11.8 Å². The van der Waals surface area contributed by atoms with Crippen LogP contribution in [0.5, 0.6) is 0 Å². The van der Waals surface area contributed by atoms with Crippen molar-refractivity contribution in [3.63, 3.8) is 0 Å². The van der Waals surface area contributed by atoms with E-state index in [-0.39, 0.29) is 0 Å². The van der Waals surface area contributed by atoms with Gasteiger partial charge in [-0.1, -0.05) is 0 Å². The fourth-order valence-electron chi connectivity index (χ4n) is 3.00. The fraction of sp³-hybridized carbons (Fsp3) is 1.00. The number of methoxy groups -OCH3 is 1. The van der Waals surface area contributed by atoms with E-state index in [0.717, 1.165) is 18.4 Å². The molecule has 0 spiro atoms. The summed E-state index contributed by atoms with van der Waals surface area (Å²) in [6.07, 6.45) is 5.41. The predicted octanol–water partition coefficient (Wildman–Crippen LogP) is 1.34. The van der Waals surface area contributed by atoms with Crippen LogP contribution in [0.1, 0.15) is 25.7 Å². The molecule has 2 aliphatic heterocycles. The second-order valence-corrected chi connectivity index (χ2v) is 5.39. The van der Waals surface area contributed by atoms with Gasteiger partial charge in [0.1, 0.15) is 0 Å². The third-order valence-corrected chi connectivity index (χ3v) is 4.08. The first-order chi connectivity index (χ1) is 7.88. The highest BCUT2D eigenvalue weighted by atomic mass is 16.5. The fourth-order valence-corrected chi connectivity index (χ4v) is 3.00. The summed E-state index contributed by atoms with van der Waals surface area (Å²) >= 11 is 0. The Morgan fingerprint density at radius 1 is 1.06 bits per heavy atom. The van der Waals surface area contributed by atoms with E-state index >= 15 is 0 Å². The van der Waals surface area contributed by atoms with Crippen LogP contribution in [-0.2, 0) is 4.74 Å². The topological polar surface area (TPSA) is 24.5 Å². The van der Waals surface area contributed by atoms with Crippen molar-refractivity contribution in [1.29, 1.82) is 0 Å². The third-order valence-electron chi connectivity index (χ3n) is 4.08. The monoisotopic (exact) mass is 226 g/mol. The highest BCUT2D eigenvalue weighted by molar-refractivity contribution is 4.77. The van der Waals surface area contributed by atoms with Gasteiger partial charge in [0.15, 0.2) is 0 Å². The molecule has 0 atom stereocenters. The van der Waals surface area contributed by atoms with Crippen LogP contribution in [0.3, 0.4) is 0 Å². The van der Waals surface area contributed by atoms with Gasteiger partial charge >= 0.3 is 0 Å². The van der Waals surface area contributed by atoms with Gasteiger partial charge < -0.3 is 15.0 Å². The van der Waals surface area contributed by atoms with E-state index in [1.54, 1.807) is 0 Å². The van der Waals surface area contributed by atoms with Gasteiger partial charge in [0.2, 0.25) is 0 Å². The molecule has 0 bridgehead atoms. The van der Waals surface area contributed by atoms with Gasteiger partial charge in [0, 0.05) is 20.3 Å². The van der Waals surface area contributed by atoms with E-state index in [0.29, 0.717) is 0 Å². The Morgan fingerprint density at radius 3 is 2.38 bits per heavy atom. The minimum Gasteiger partial charge on any atom is -0.384 e. The number of ether oxygens (including phenoxy) is 1. The van der Waals surface area contributed by atoms with Crippen molar-refractivity contribution >= 4 is 0 Å². The third kappa shape index (κ3) is 3.72. The highest BCUT2D eigenvalue weighted by Crippen LogP contribution is 2.20. The maximum Gasteiger partial charge on any atom is 0.0491 e. The largest absolute Gasteiger partial charge is 0.384 e. The summed E-state index contributed by atoms with van der Waals surface area (Å²) in [6, 6.07) is 0. The lowest BCUT2D eigenvalue weighted by Crippen LogP contribution is -2.40. The van der Waals surface area contributed by atoms with E-state index in [1.807, 2.05) is 7.11 Å². The van der Waals surface area contributed by atoms with Crippen LogP contribution in [0.2, 0.25) is 0 Å². The molecule has 2 aliphatic rings. The van der Waals surface area contributed by atoms with E-state index in [4.69, 9.17) is 4.74 Å². The molecular formula is C13H26N2O. The quantitative estimate of drug-likeness (QED) is 0.783. The van der Waals surface area contributed by atoms with Crippen LogP contribution in [0.15, 0.2) is 0 Å². The first-order valence-corrected chi connectivity index (χ1v) is 6.80. The zero-order valence-electron chi connectivity index (χ0n) is 10.6. The number of piperidine rings is 2. The first-order valence-electron chi connectivity index (χ1n) is 6.80. The van der Waals surface area contributed by atoms with Crippen molar-refractivity contribution in [2.75, 3.05) is 46.4 Å². The summed E-state index contributed by atoms with van der Waals surface area (Å²) in [7, 11) is 1.82. The molecule has 0 amide bonds. The molecular weight excluding hydrogens is 200 g/mol. The average molecular weight is 226 g/mol. The molecule has 0 radical (unpaired) electrons. The predicted molar refractivity (Wildman–Crippen MR) is 66.6 cm³/mol. The van der Waals surface area contributed by atoms with Crippen LogP contribution in [0.25, 0.3) is 0 Å². The van der Waals surface area contributed by atoms with Crippen molar-refractivity contribution in [3.05, 3.63) is 0 Å². The standard InChI is InChI=1S/C13H26N2O/c1-16-11-13-4-8-15(9-5-13)10-12-2-6-14-7-3-12/h12-14H,2-11H2,1H3. The van der Waals surface area contributed by atoms with E-state index < -0.39 is 0 Å². The van der Waals surface area contributed by atoms with Crippen LogP contribution >= 0.6 is 0 Å². The number of rotatable bonds is 4. The Kier molecular flexibility index (Phi) is 5.07. The lowest BCUT2D eigenvalue weighted by Gasteiger charge is -2.35. The minimum atomic E-state index is 0.814. The summed E-state index contributed by atoms with van der Waals surface area (Å²) in [6.45, 7) is 7.33. The van der Waals surface area contributed by atoms with Crippen LogP contribution in [0, 0.1) is 11.8 Å². The summed E-state index contributed by atoms with van der Waals surface area (Å²) in [5.41, 5.74) is 0. The van der Waals surface area contributed by atoms with Gasteiger partial charge in [-0.3, -0.25) is 0 Å². The molecule has 1 N–H and O–H groups in total. The molecule has 2 heterocycles. The molecule has 2 rings (SSSR count). The molecule has 94 valence electrons. The zero-order chi connectivity index (χ0) is 11.2. The average Bonchev–Trinajstić information content (AvgIpc) is 2.33. The summed E-state index contributed by atoms with van der Waals surface area (Å²) in [4.78, 5) is 2.67. The second kappa shape index (κ2) is 6.58. The SMILES string of the molecule is COCC1CCN(CC2CCNCC2)CC1. The van der Waals surface area contributed by atoms with Crippen molar-refractivity contribution in [2.45, 2.75) is 25.7 Å². The molecule has 0 saturated carbocycles. The molecule has 16 heavy (non-hydrogen) atoms. The van der Waals surface area contributed by atoms with Crippen molar-refractivity contribution in [3.8, 4) is 0 Å². The molecule has 2 fully saturated rings. The molecule has 0 aliphatic carbocycles. The lowest BCUT2D eigenvalue weighted by atomic mass is 9.94. The number of likely N-dealkylation sites (tertiary alicyclic amines) is 1. The number of hydrogen-bond acceptors (Lipinski definition) is 3. The number of nitrogens with zero attached hydrogens (tertiary/aromatic N) is 1. The maximum absolute atomic E-state index is 5.24. The zero-order valence-corrected chi connectivity index (χ0v) is 10.6. The highest BCUT2D eigenvalue weighted by Gasteiger charge is 2.22.